The molecule has 0 radical (unpaired) electrons. The number of carbonyl (C=O) groups excluding carboxylic acids is 1. The van der Waals surface area contributed by atoms with Crippen molar-refractivity contribution in [2.24, 2.45) is 0 Å². The second-order valence-corrected chi connectivity index (χ2v) is 6.20. The van der Waals surface area contributed by atoms with Gasteiger partial charge in [0.1, 0.15) is 0 Å². The predicted octanol–water partition coefficient (Wildman–Crippen LogP) is 2.98. The minimum atomic E-state index is -0.293. The highest BCUT2D eigenvalue weighted by Gasteiger charge is 2.22. The number of amides is 1. The first-order valence-electron chi connectivity index (χ1n) is 8.49. The molecule has 0 spiro atoms. The second kappa shape index (κ2) is 6.88. The van der Waals surface area contributed by atoms with Gasteiger partial charge in [0, 0.05) is 24.0 Å². The standard InChI is InChI=1S/C18H19N5O2/c24-18(17-7-10-21-25-17)20-12-14-11-16(13-5-8-19-9-6-13)23(22-14)15-3-1-2-4-15/h5-11,15H,1-4,12H2,(H,20,24). The topological polar surface area (TPSA) is 85.8 Å². The molecule has 1 aliphatic carbocycles. The van der Waals surface area contributed by atoms with Crippen molar-refractivity contribution < 1.29 is 9.32 Å². The van der Waals surface area contributed by atoms with Crippen LogP contribution in [0.25, 0.3) is 11.3 Å². The zero-order valence-electron chi connectivity index (χ0n) is 13.8. The number of pyridine rings is 1. The fourth-order valence-corrected chi connectivity index (χ4v) is 3.29. The van der Waals surface area contributed by atoms with Gasteiger partial charge in [0.15, 0.2) is 0 Å². The van der Waals surface area contributed by atoms with Crippen molar-refractivity contribution in [3.05, 3.63) is 54.3 Å². The second-order valence-electron chi connectivity index (χ2n) is 6.20. The highest BCUT2D eigenvalue weighted by molar-refractivity contribution is 5.91. The normalized spacial score (nSPS) is 14.7. The summed E-state index contributed by atoms with van der Waals surface area (Å²) in [5, 5.41) is 11.1. The van der Waals surface area contributed by atoms with Crippen molar-refractivity contribution in [3.63, 3.8) is 0 Å². The maximum Gasteiger partial charge on any atom is 0.290 e. The molecule has 0 aliphatic heterocycles. The average Bonchev–Trinajstić information content (AvgIpc) is 3.41. The smallest absolute Gasteiger partial charge is 0.290 e. The van der Waals surface area contributed by atoms with Gasteiger partial charge < -0.3 is 9.84 Å². The summed E-state index contributed by atoms with van der Waals surface area (Å²) in [5.74, 6) is -0.0945. The first-order chi connectivity index (χ1) is 12.3. The van der Waals surface area contributed by atoms with E-state index in [4.69, 9.17) is 9.62 Å². The molecule has 1 saturated carbocycles. The highest BCUT2D eigenvalue weighted by atomic mass is 16.5. The van der Waals surface area contributed by atoms with Crippen molar-refractivity contribution >= 4 is 5.91 Å². The Morgan fingerprint density at radius 1 is 1.20 bits per heavy atom. The summed E-state index contributed by atoms with van der Waals surface area (Å²) < 4.78 is 6.98. The van der Waals surface area contributed by atoms with Gasteiger partial charge in [0.2, 0.25) is 5.76 Å². The number of hydrogen-bond donors (Lipinski definition) is 1. The molecule has 7 heteroatoms. The maximum atomic E-state index is 12.0. The molecule has 3 aromatic heterocycles. The number of aromatic nitrogens is 4. The van der Waals surface area contributed by atoms with E-state index < -0.39 is 0 Å². The third kappa shape index (κ3) is 3.31. The van der Waals surface area contributed by atoms with Gasteiger partial charge in [-0.3, -0.25) is 14.5 Å². The maximum absolute atomic E-state index is 12.0. The highest BCUT2D eigenvalue weighted by Crippen LogP contribution is 2.33. The third-order valence-electron chi connectivity index (χ3n) is 4.52. The molecule has 4 rings (SSSR count). The summed E-state index contributed by atoms with van der Waals surface area (Å²) >= 11 is 0. The van der Waals surface area contributed by atoms with Gasteiger partial charge in [-0.15, -0.1) is 0 Å². The van der Waals surface area contributed by atoms with Crippen LogP contribution >= 0.6 is 0 Å². The lowest BCUT2D eigenvalue weighted by Crippen LogP contribution is -2.22. The van der Waals surface area contributed by atoms with Crippen LogP contribution in [0.1, 0.15) is 48.0 Å². The van der Waals surface area contributed by atoms with Crippen molar-refractivity contribution in [2.75, 3.05) is 0 Å². The monoisotopic (exact) mass is 337 g/mol. The van der Waals surface area contributed by atoms with Gasteiger partial charge >= 0.3 is 0 Å². The van der Waals surface area contributed by atoms with Crippen LogP contribution in [0.15, 0.2) is 47.4 Å². The Bertz CT molecular complexity index is 836. The Morgan fingerprint density at radius 3 is 2.72 bits per heavy atom. The van der Waals surface area contributed by atoms with Crippen LogP contribution in [0.4, 0.5) is 0 Å². The van der Waals surface area contributed by atoms with E-state index in [0.717, 1.165) is 29.8 Å². The third-order valence-corrected chi connectivity index (χ3v) is 4.52. The van der Waals surface area contributed by atoms with Crippen molar-refractivity contribution in [1.82, 2.24) is 25.2 Å². The van der Waals surface area contributed by atoms with E-state index in [1.165, 1.54) is 25.1 Å². The zero-order chi connectivity index (χ0) is 17.1. The Balaban J connectivity index is 1.57. The lowest BCUT2D eigenvalue weighted by atomic mass is 10.1. The fraction of sp³-hybridized carbons (Fsp3) is 0.333. The quantitative estimate of drug-likeness (QED) is 0.773. The molecule has 7 nitrogen and oxygen atoms in total. The van der Waals surface area contributed by atoms with Crippen LogP contribution in [0.5, 0.6) is 0 Å². The minimum absolute atomic E-state index is 0.199. The fourth-order valence-electron chi connectivity index (χ4n) is 3.29. The SMILES string of the molecule is O=C(NCc1cc(-c2ccncc2)n(C2CCCC2)n1)c1ccno1. The molecule has 1 aliphatic rings. The zero-order valence-corrected chi connectivity index (χ0v) is 13.8. The predicted molar refractivity (Wildman–Crippen MR) is 90.6 cm³/mol. The lowest BCUT2D eigenvalue weighted by molar-refractivity contribution is 0.0913. The number of rotatable bonds is 5. The van der Waals surface area contributed by atoms with E-state index in [0.29, 0.717) is 12.6 Å². The van der Waals surface area contributed by atoms with Crippen LogP contribution < -0.4 is 5.32 Å². The van der Waals surface area contributed by atoms with E-state index in [2.05, 4.69) is 20.1 Å². The van der Waals surface area contributed by atoms with Crippen LogP contribution in [-0.4, -0.2) is 25.8 Å². The van der Waals surface area contributed by atoms with Crippen LogP contribution in [-0.2, 0) is 6.54 Å². The Morgan fingerprint density at radius 2 is 2.00 bits per heavy atom. The van der Waals surface area contributed by atoms with Gasteiger partial charge in [-0.05, 0) is 31.0 Å². The van der Waals surface area contributed by atoms with E-state index in [1.807, 2.05) is 18.2 Å². The summed E-state index contributed by atoms with van der Waals surface area (Å²) in [4.78, 5) is 16.1. The van der Waals surface area contributed by atoms with Gasteiger partial charge in [0.05, 0.1) is 30.2 Å². The van der Waals surface area contributed by atoms with E-state index >= 15 is 0 Å². The largest absolute Gasteiger partial charge is 0.351 e. The van der Waals surface area contributed by atoms with Gasteiger partial charge in [0.25, 0.3) is 5.91 Å². The summed E-state index contributed by atoms with van der Waals surface area (Å²) in [6, 6.07) is 7.96. The molecule has 0 aromatic carbocycles. The lowest BCUT2D eigenvalue weighted by Gasteiger charge is -2.14. The molecule has 25 heavy (non-hydrogen) atoms. The molecule has 128 valence electrons. The Labute approximate surface area is 145 Å². The first kappa shape index (κ1) is 15.6. The van der Waals surface area contributed by atoms with Crippen molar-refractivity contribution in [2.45, 2.75) is 38.3 Å². The molecule has 1 N–H and O–H groups in total. The van der Waals surface area contributed by atoms with Crippen LogP contribution in [0.3, 0.4) is 0 Å². The molecular formula is C18H19N5O2. The molecular weight excluding hydrogens is 318 g/mol. The number of hydrogen-bond acceptors (Lipinski definition) is 5. The van der Waals surface area contributed by atoms with E-state index in [-0.39, 0.29) is 11.7 Å². The van der Waals surface area contributed by atoms with Crippen molar-refractivity contribution in [3.8, 4) is 11.3 Å². The molecule has 0 atom stereocenters. The molecule has 3 heterocycles. The van der Waals surface area contributed by atoms with E-state index in [1.54, 1.807) is 12.4 Å². The Hall–Kier alpha value is -2.96. The van der Waals surface area contributed by atoms with Crippen molar-refractivity contribution in [1.29, 1.82) is 0 Å². The number of nitrogens with zero attached hydrogens (tertiary/aromatic N) is 4. The van der Waals surface area contributed by atoms with Crippen LogP contribution in [0, 0.1) is 0 Å². The number of carbonyl (C=O) groups is 1. The summed E-state index contributed by atoms with van der Waals surface area (Å²) in [7, 11) is 0. The molecule has 0 unspecified atom stereocenters. The number of nitrogens with one attached hydrogen (secondary N) is 1. The summed E-state index contributed by atoms with van der Waals surface area (Å²) in [5.41, 5.74) is 2.98. The first-order valence-corrected chi connectivity index (χ1v) is 8.49. The summed E-state index contributed by atoms with van der Waals surface area (Å²) in [6.45, 7) is 0.345. The molecule has 0 bridgehead atoms. The Kier molecular flexibility index (Phi) is 4.28. The molecule has 1 fully saturated rings. The summed E-state index contributed by atoms with van der Waals surface area (Å²) in [6.07, 6.45) is 9.77. The van der Waals surface area contributed by atoms with Crippen LogP contribution in [0.2, 0.25) is 0 Å². The molecule has 0 saturated heterocycles. The molecule has 1 amide bonds. The van der Waals surface area contributed by atoms with Gasteiger partial charge in [-0.2, -0.15) is 5.10 Å². The van der Waals surface area contributed by atoms with Gasteiger partial charge in [-0.25, -0.2) is 0 Å². The van der Waals surface area contributed by atoms with E-state index in [9.17, 15) is 4.79 Å². The molecule has 3 aromatic rings. The minimum Gasteiger partial charge on any atom is -0.351 e. The average molecular weight is 337 g/mol. The van der Waals surface area contributed by atoms with Gasteiger partial charge in [-0.1, -0.05) is 18.0 Å².